The van der Waals surface area contributed by atoms with Crippen LogP contribution in [0.5, 0.6) is 0 Å². The molecule has 8 heteroatoms. The summed E-state index contributed by atoms with van der Waals surface area (Å²) in [5.41, 5.74) is 4.50. The molecule has 0 aliphatic carbocycles. The topological polar surface area (TPSA) is 93.9 Å². The largest absolute Gasteiger partial charge is 0.462 e. The summed E-state index contributed by atoms with van der Waals surface area (Å²) >= 11 is 4.18. The molecular formula is C48H99N3O4S. The van der Waals surface area contributed by atoms with Crippen LogP contribution in [0.25, 0.3) is 0 Å². The Kier molecular flexibility index (Phi) is 49.6. The number of nitrogens with zero attached hydrogens (tertiary/aromatic N) is 1. The van der Waals surface area contributed by atoms with Gasteiger partial charge in [-0.25, -0.2) is 0 Å². The van der Waals surface area contributed by atoms with Crippen molar-refractivity contribution in [1.82, 2.24) is 9.62 Å². The number of hydrogen-bond acceptors (Lipinski definition) is 8. The van der Waals surface area contributed by atoms with Crippen LogP contribution in [0.3, 0.4) is 0 Å². The molecule has 336 valence electrons. The van der Waals surface area contributed by atoms with Crippen molar-refractivity contribution >= 4 is 24.8 Å². The van der Waals surface area contributed by atoms with Crippen molar-refractivity contribution in [2.24, 2.45) is 5.73 Å². The molecule has 0 heterocycles. The number of hydrogen-bond donors (Lipinski definition) is 3. The highest BCUT2D eigenvalue weighted by Crippen LogP contribution is 2.19. The van der Waals surface area contributed by atoms with Crippen LogP contribution < -0.4 is 10.5 Å². The fourth-order valence-corrected chi connectivity index (χ4v) is 7.70. The summed E-state index contributed by atoms with van der Waals surface area (Å²) in [6.07, 6.45) is 41.1. The lowest BCUT2D eigenvalue weighted by atomic mass is 10.0. The maximum Gasteiger partial charge on any atom is 0.306 e. The van der Waals surface area contributed by atoms with Gasteiger partial charge in [-0.15, -0.1) is 0 Å². The minimum absolute atomic E-state index is 0.00276. The first-order valence-corrected chi connectivity index (χ1v) is 25.0. The summed E-state index contributed by atoms with van der Waals surface area (Å²) in [6.45, 7) is 13.3. The van der Waals surface area contributed by atoms with E-state index in [0.717, 1.165) is 84.0 Å². The summed E-state index contributed by atoms with van der Waals surface area (Å²) in [4.78, 5) is 27.8. The van der Waals surface area contributed by atoms with Crippen LogP contribution in [0.1, 0.15) is 252 Å². The van der Waals surface area contributed by atoms with Crippen LogP contribution in [0, 0.1) is 0 Å². The Morgan fingerprint density at radius 2 is 0.786 bits per heavy atom. The zero-order valence-electron chi connectivity index (χ0n) is 38.3. The molecule has 0 spiro atoms. The third-order valence-corrected chi connectivity index (χ3v) is 11.4. The Balaban J connectivity index is 0. The van der Waals surface area contributed by atoms with Gasteiger partial charge in [0, 0.05) is 19.4 Å². The summed E-state index contributed by atoms with van der Waals surface area (Å²) in [7, 11) is 1.50. The maximum atomic E-state index is 12.8. The van der Waals surface area contributed by atoms with Crippen LogP contribution in [0.4, 0.5) is 0 Å². The minimum Gasteiger partial charge on any atom is -0.462 e. The Bertz CT molecular complexity index is 774. The molecule has 0 bridgehead atoms. The molecule has 0 saturated heterocycles. The highest BCUT2D eigenvalue weighted by Gasteiger charge is 2.15. The van der Waals surface area contributed by atoms with Gasteiger partial charge in [0.2, 0.25) is 0 Å². The molecule has 0 amide bonds. The lowest BCUT2D eigenvalue weighted by Gasteiger charge is -2.22. The molecule has 3 N–H and O–H groups in total. The average molecular weight is 814 g/mol. The first-order valence-electron chi connectivity index (χ1n) is 24.6. The second-order valence-corrected chi connectivity index (χ2v) is 16.8. The van der Waals surface area contributed by atoms with E-state index in [9.17, 15) is 9.59 Å². The van der Waals surface area contributed by atoms with E-state index in [4.69, 9.17) is 9.47 Å². The van der Waals surface area contributed by atoms with Gasteiger partial charge in [0.25, 0.3) is 0 Å². The Labute approximate surface area is 355 Å². The van der Waals surface area contributed by atoms with E-state index in [-0.39, 0.29) is 24.1 Å². The highest BCUT2D eigenvalue weighted by atomic mass is 32.1. The number of ether oxygens (including phenoxy) is 2. The molecule has 0 aliphatic heterocycles. The summed E-state index contributed by atoms with van der Waals surface area (Å²) < 4.78 is 14.8. The molecule has 0 radical (unpaired) electrons. The Morgan fingerprint density at radius 3 is 1.18 bits per heavy atom. The van der Waals surface area contributed by atoms with E-state index in [1.54, 1.807) is 0 Å². The summed E-state index contributed by atoms with van der Waals surface area (Å²) in [6, 6.07) is 0. The van der Waals surface area contributed by atoms with Gasteiger partial charge in [0.15, 0.2) is 0 Å². The molecule has 0 aromatic heterocycles. The van der Waals surface area contributed by atoms with Gasteiger partial charge in [0.05, 0.1) is 0 Å². The van der Waals surface area contributed by atoms with Crippen LogP contribution in [-0.4, -0.2) is 62.3 Å². The molecule has 0 fully saturated rings. The van der Waals surface area contributed by atoms with Gasteiger partial charge in [-0.05, 0) is 104 Å². The normalized spacial score (nSPS) is 11.9. The van der Waals surface area contributed by atoms with Crippen molar-refractivity contribution in [1.29, 1.82) is 0 Å². The second kappa shape index (κ2) is 48.5. The van der Waals surface area contributed by atoms with E-state index in [0.29, 0.717) is 12.8 Å². The van der Waals surface area contributed by atoms with Crippen LogP contribution >= 0.6 is 12.8 Å². The van der Waals surface area contributed by atoms with E-state index >= 15 is 0 Å². The van der Waals surface area contributed by atoms with Crippen LogP contribution in [0.15, 0.2) is 0 Å². The zero-order valence-corrected chi connectivity index (χ0v) is 39.2. The fourth-order valence-electron chi connectivity index (χ4n) is 7.54. The van der Waals surface area contributed by atoms with Crippen molar-refractivity contribution in [3.8, 4) is 0 Å². The summed E-state index contributed by atoms with van der Waals surface area (Å²) in [5, 5.41) is 0. The Morgan fingerprint density at radius 1 is 0.464 bits per heavy atom. The maximum absolute atomic E-state index is 12.8. The number of unbranched alkanes of at least 4 members (excludes halogenated alkanes) is 23. The lowest BCUT2D eigenvalue weighted by Crippen LogP contribution is -2.28. The second-order valence-electron chi connectivity index (χ2n) is 16.4. The molecule has 1 atom stereocenters. The number of carbonyl (C=O) groups excluding carboxylic acids is 2. The van der Waals surface area contributed by atoms with Gasteiger partial charge in [-0.1, -0.05) is 175 Å². The summed E-state index contributed by atoms with van der Waals surface area (Å²) in [5.74, 6) is 0.0350. The van der Waals surface area contributed by atoms with E-state index in [1.807, 2.05) is 0 Å². The van der Waals surface area contributed by atoms with Gasteiger partial charge in [-0.2, -0.15) is 0 Å². The van der Waals surface area contributed by atoms with Crippen molar-refractivity contribution in [2.45, 2.75) is 265 Å². The first kappa shape index (κ1) is 57.3. The fraction of sp³-hybridized carbons (Fsp3) is 0.958. The zero-order chi connectivity index (χ0) is 41.6. The molecule has 0 rings (SSSR count). The third kappa shape index (κ3) is 42.8. The lowest BCUT2D eigenvalue weighted by molar-refractivity contribution is -0.150. The first-order chi connectivity index (χ1) is 27.5. The van der Waals surface area contributed by atoms with Crippen molar-refractivity contribution in [3.05, 3.63) is 0 Å². The molecule has 0 aliphatic rings. The molecule has 0 aromatic rings. The van der Waals surface area contributed by atoms with Gasteiger partial charge in [-0.3, -0.25) is 14.3 Å². The van der Waals surface area contributed by atoms with E-state index < -0.39 is 0 Å². The molecular weight excluding hydrogens is 715 g/mol. The predicted octanol–water partition coefficient (Wildman–Crippen LogP) is 13.9. The smallest absolute Gasteiger partial charge is 0.306 e. The van der Waals surface area contributed by atoms with Crippen molar-refractivity contribution in [3.63, 3.8) is 0 Å². The molecule has 56 heavy (non-hydrogen) atoms. The molecule has 0 saturated carbocycles. The SMILES string of the molecule is CCCCCCCCC(CC)OC(=O)CCCCCCCN(CCCCCCCC(=O)OC(CCCCCCCC)CCCCCCCC)CCCNS.CN. The van der Waals surface area contributed by atoms with Gasteiger partial charge < -0.3 is 20.1 Å². The quantitative estimate of drug-likeness (QED) is 0.0320. The standard InChI is InChI=1S/C47H94N2O4S.CH5N/c1-5-9-12-15-20-27-35-44(8-4)52-46(50)38-30-23-18-25-32-41-49(43-34-40-48-54)42-33-26-19-24-31-39-47(51)53-45(36-28-21-16-13-10-6-2)37-29-22-17-14-11-7-3;1-2/h44-45,48,54H,5-43H2,1-4H3;2H2,1H3. The van der Waals surface area contributed by atoms with E-state index in [1.165, 1.54) is 161 Å². The molecule has 0 aromatic carbocycles. The van der Waals surface area contributed by atoms with Crippen LogP contribution in [-0.2, 0) is 19.1 Å². The molecule has 1 unspecified atom stereocenters. The van der Waals surface area contributed by atoms with Crippen molar-refractivity contribution < 1.29 is 19.1 Å². The minimum atomic E-state index is 0.00276. The monoisotopic (exact) mass is 814 g/mol. The number of thiol groups is 1. The predicted molar refractivity (Wildman–Crippen MR) is 248 cm³/mol. The van der Waals surface area contributed by atoms with Crippen LogP contribution in [0.2, 0.25) is 0 Å². The number of carbonyl (C=O) groups is 2. The number of nitrogens with one attached hydrogen (secondary N) is 1. The number of nitrogens with two attached hydrogens (primary N) is 1. The number of esters is 2. The number of rotatable bonds is 44. The van der Waals surface area contributed by atoms with Gasteiger partial charge in [0.1, 0.15) is 12.2 Å². The third-order valence-electron chi connectivity index (χ3n) is 11.2. The van der Waals surface area contributed by atoms with Crippen molar-refractivity contribution in [2.75, 3.05) is 33.2 Å². The van der Waals surface area contributed by atoms with Gasteiger partial charge >= 0.3 is 11.9 Å². The molecule has 7 nitrogen and oxygen atoms in total. The average Bonchev–Trinajstić information content (AvgIpc) is 3.20. The Hall–Kier alpha value is -0.830. The van der Waals surface area contributed by atoms with E-state index in [2.05, 4.69) is 55.9 Å². The highest BCUT2D eigenvalue weighted by molar-refractivity contribution is 7.78.